The number of nitrogens with zero attached hydrogens (tertiary/aromatic N) is 1. The van der Waals surface area contributed by atoms with Crippen LogP contribution in [0.15, 0.2) is 24.3 Å². The second kappa shape index (κ2) is 5.47. The minimum atomic E-state index is -1.19. The third-order valence-corrected chi connectivity index (χ3v) is 3.47. The molecule has 0 spiro atoms. The van der Waals surface area contributed by atoms with Crippen LogP contribution in [0.5, 0.6) is 0 Å². The van der Waals surface area contributed by atoms with Crippen LogP contribution in [0.25, 0.3) is 0 Å². The molecular weight excluding hydrogens is 290 g/mol. The first-order valence-electron chi connectivity index (χ1n) is 6.45. The second-order valence-corrected chi connectivity index (χ2v) is 5.17. The molecule has 1 saturated heterocycles. The van der Waals surface area contributed by atoms with E-state index < -0.39 is 35.9 Å². The first kappa shape index (κ1) is 15.5. The normalized spacial score (nSPS) is 20.3. The first-order chi connectivity index (χ1) is 10.2. The van der Waals surface area contributed by atoms with Crippen LogP contribution in [0, 0.1) is 0 Å². The number of carboxylic acids is 1. The SMILES string of the molecule is CN(CC(=O)O)C(=O)c1ccc(C2(C)NC(=O)NC2=O)cc1. The molecule has 1 fully saturated rings. The van der Waals surface area contributed by atoms with Gasteiger partial charge in [0.2, 0.25) is 0 Å². The molecule has 0 bridgehead atoms. The zero-order valence-electron chi connectivity index (χ0n) is 12.0. The van der Waals surface area contributed by atoms with Crippen LogP contribution < -0.4 is 10.6 Å². The van der Waals surface area contributed by atoms with Crippen molar-refractivity contribution in [2.24, 2.45) is 0 Å². The van der Waals surface area contributed by atoms with Crippen LogP contribution in [0.1, 0.15) is 22.8 Å². The summed E-state index contributed by atoms with van der Waals surface area (Å²) in [6.45, 7) is 1.15. The molecule has 8 nitrogen and oxygen atoms in total. The maximum atomic E-state index is 12.0. The lowest BCUT2D eigenvalue weighted by molar-refractivity contribution is -0.137. The van der Waals surface area contributed by atoms with E-state index in [0.717, 1.165) is 4.90 Å². The van der Waals surface area contributed by atoms with Gasteiger partial charge < -0.3 is 15.3 Å². The molecule has 1 unspecified atom stereocenters. The second-order valence-electron chi connectivity index (χ2n) is 5.17. The Balaban J connectivity index is 2.21. The van der Waals surface area contributed by atoms with E-state index in [1.54, 1.807) is 19.1 Å². The van der Waals surface area contributed by atoms with Gasteiger partial charge >= 0.3 is 12.0 Å². The average molecular weight is 305 g/mol. The standard InChI is InChI=1S/C14H15N3O5/c1-14(12(21)15-13(22)16-14)9-5-3-8(4-6-9)11(20)17(2)7-10(18)19/h3-6H,7H2,1-2H3,(H,18,19)(H2,15,16,21,22). The summed E-state index contributed by atoms with van der Waals surface area (Å²) in [6, 6.07) is 5.49. The van der Waals surface area contributed by atoms with Crippen molar-refractivity contribution in [1.82, 2.24) is 15.5 Å². The summed E-state index contributed by atoms with van der Waals surface area (Å²) >= 11 is 0. The number of hydrogen-bond donors (Lipinski definition) is 3. The predicted molar refractivity (Wildman–Crippen MR) is 75.1 cm³/mol. The Kier molecular flexibility index (Phi) is 3.85. The molecule has 1 aromatic rings. The number of carboxylic acid groups (broad SMARTS) is 1. The number of aliphatic carboxylic acids is 1. The van der Waals surface area contributed by atoms with Crippen molar-refractivity contribution in [2.45, 2.75) is 12.5 Å². The van der Waals surface area contributed by atoms with Gasteiger partial charge in [-0.25, -0.2) is 4.79 Å². The van der Waals surface area contributed by atoms with Gasteiger partial charge in [0.25, 0.3) is 11.8 Å². The number of rotatable bonds is 4. The fourth-order valence-corrected chi connectivity index (χ4v) is 2.19. The van der Waals surface area contributed by atoms with Crippen LogP contribution in [0.3, 0.4) is 0 Å². The maximum Gasteiger partial charge on any atom is 0.323 e. The summed E-state index contributed by atoms with van der Waals surface area (Å²) in [5, 5.41) is 13.4. The molecule has 8 heteroatoms. The molecule has 1 aromatic carbocycles. The van der Waals surface area contributed by atoms with Crippen LogP contribution in [-0.4, -0.2) is 47.4 Å². The zero-order valence-corrected chi connectivity index (χ0v) is 12.0. The number of imide groups is 1. The molecule has 0 radical (unpaired) electrons. The Labute approximate surface area is 126 Å². The quantitative estimate of drug-likeness (QED) is 0.672. The Morgan fingerprint density at radius 1 is 1.23 bits per heavy atom. The van der Waals surface area contributed by atoms with E-state index in [1.165, 1.54) is 19.2 Å². The zero-order chi connectivity index (χ0) is 16.5. The monoisotopic (exact) mass is 305 g/mol. The van der Waals surface area contributed by atoms with Gasteiger partial charge in [0, 0.05) is 12.6 Å². The van der Waals surface area contributed by atoms with E-state index in [1.807, 2.05) is 0 Å². The third-order valence-electron chi connectivity index (χ3n) is 3.47. The molecule has 1 atom stereocenters. The summed E-state index contributed by atoms with van der Waals surface area (Å²) in [5.41, 5.74) is -0.375. The number of hydrogen-bond acceptors (Lipinski definition) is 4. The van der Waals surface area contributed by atoms with E-state index in [0.29, 0.717) is 11.1 Å². The number of urea groups is 1. The Morgan fingerprint density at radius 3 is 2.27 bits per heavy atom. The van der Waals surface area contributed by atoms with Crippen molar-refractivity contribution < 1.29 is 24.3 Å². The topological polar surface area (TPSA) is 116 Å². The summed E-state index contributed by atoms with van der Waals surface area (Å²) in [4.78, 5) is 46.8. The van der Waals surface area contributed by atoms with Gasteiger partial charge in [-0.05, 0) is 24.6 Å². The van der Waals surface area contributed by atoms with E-state index in [9.17, 15) is 19.2 Å². The maximum absolute atomic E-state index is 12.0. The van der Waals surface area contributed by atoms with Crippen LogP contribution in [0.2, 0.25) is 0 Å². The molecule has 22 heavy (non-hydrogen) atoms. The molecule has 2 rings (SSSR count). The highest BCUT2D eigenvalue weighted by Crippen LogP contribution is 2.24. The van der Waals surface area contributed by atoms with Gasteiger partial charge in [0.05, 0.1) is 0 Å². The van der Waals surface area contributed by atoms with Crippen molar-refractivity contribution in [2.75, 3.05) is 13.6 Å². The molecule has 0 saturated carbocycles. The number of benzene rings is 1. The van der Waals surface area contributed by atoms with E-state index in [2.05, 4.69) is 10.6 Å². The average Bonchev–Trinajstić information content (AvgIpc) is 2.71. The number of carbonyl (C=O) groups excluding carboxylic acids is 3. The fourth-order valence-electron chi connectivity index (χ4n) is 2.19. The van der Waals surface area contributed by atoms with Crippen molar-refractivity contribution in [3.05, 3.63) is 35.4 Å². The first-order valence-corrected chi connectivity index (χ1v) is 6.45. The van der Waals surface area contributed by atoms with Crippen LogP contribution in [-0.2, 0) is 15.1 Å². The number of nitrogens with one attached hydrogen (secondary N) is 2. The highest BCUT2D eigenvalue weighted by atomic mass is 16.4. The highest BCUT2D eigenvalue weighted by molar-refractivity contribution is 6.07. The van der Waals surface area contributed by atoms with Gasteiger partial charge in [-0.3, -0.25) is 19.7 Å². The van der Waals surface area contributed by atoms with Crippen molar-refractivity contribution >= 4 is 23.8 Å². The summed E-state index contributed by atoms with van der Waals surface area (Å²) in [5.74, 6) is -2.02. The number of amides is 4. The van der Waals surface area contributed by atoms with Crippen LogP contribution in [0.4, 0.5) is 4.79 Å². The lowest BCUT2D eigenvalue weighted by Gasteiger charge is -2.21. The summed E-state index contributed by atoms with van der Waals surface area (Å²) in [7, 11) is 1.39. The van der Waals surface area contributed by atoms with Crippen molar-refractivity contribution in [3.63, 3.8) is 0 Å². The lowest BCUT2D eigenvalue weighted by atomic mass is 9.91. The molecule has 3 N–H and O–H groups in total. The summed E-state index contributed by atoms with van der Waals surface area (Å²) < 4.78 is 0. The van der Waals surface area contributed by atoms with Gasteiger partial charge in [-0.15, -0.1) is 0 Å². The van der Waals surface area contributed by atoms with E-state index in [-0.39, 0.29) is 0 Å². The predicted octanol–water partition coefficient (Wildman–Crippen LogP) is -0.102. The fraction of sp³-hybridized carbons (Fsp3) is 0.286. The van der Waals surface area contributed by atoms with E-state index >= 15 is 0 Å². The molecule has 4 amide bonds. The van der Waals surface area contributed by atoms with Gasteiger partial charge in [-0.1, -0.05) is 12.1 Å². The number of likely N-dealkylation sites (N-methyl/N-ethyl adjacent to an activating group) is 1. The molecule has 1 aliphatic rings. The van der Waals surface area contributed by atoms with Crippen molar-refractivity contribution in [3.8, 4) is 0 Å². The van der Waals surface area contributed by atoms with Crippen LogP contribution >= 0.6 is 0 Å². The van der Waals surface area contributed by atoms with Gasteiger partial charge in [-0.2, -0.15) is 0 Å². The largest absolute Gasteiger partial charge is 0.480 e. The minimum absolute atomic E-state index is 0.292. The van der Waals surface area contributed by atoms with E-state index in [4.69, 9.17) is 5.11 Å². The Hall–Kier alpha value is -2.90. The lowest BCUT2D eigenvalue weighted by Crippen LogP contribution is -2.40. The molecular formula is C14H15N3O5. The summed E-state index contributed by atoms with van der Waals surface area (Å²) in [6.07, 6.45) is 0. The Morgan fingerprint density at radius 2 is 1.82 bits per heavy atom. The highest BCUT2D eigenvalue weighted by Gasteiger charge is 2.43. The Bertz CT molecular complexity index is 655. The number of carbonyl (C=O) groups is 4. The minimum Gasteiger partial charge on any atom is -0.480 e. The third kappa shape index (κ3) is 2.76. The molecule has 1 aliphatic heterocycles. The van der Waals surface area contributed by atoms with Crippen molar-refractivity contribution in [1.29, 1.82) is 0 Å². The molecule has 0 aliphatic carbocycles. The van der Waals surface area contributed by atoms with Gasteiger partial charge in [0.1, 0.15) is 12.1 Å². The molecule has 116 valence electrons. The van der Waals surface area contributed by atoms with Gasteiger partial charge in [0.15, 0.2) is 0 Å². The smallest absolute Gasteiger partial charge is 0.323 e. The molecule has 0 aromatic heterocycles. The molecule has 1 heterocycles.